The number of ether oxygens (including phenoxy) is 1. The minimum absolute atomic E-state index is 0.125. The molecular formula is C12H16N4O2. The second-order valence-corrected chi connectivity index (χ2v) is 4.66. The molecule has 96 valence electrons. The van der Waals surface area contributed by atoms with Gasteiger partial charge in [-0.25, -0.2) is 9.97 Å². The number of hydrogen-bond acceptors (Lipinski definition) is 5. The topological polar surface area (TPSA) is 67.3 Å². The van der Waals surface area contributed by atoms with Crippen LogP contribution < -0.4 is 5.32 Å². The fraction of sp³-hybridized carbons (Fsp3) is 0.583. The second kappa shape index (κ2) is 4.89. The van der Waals surface area contributed by atoms with E-state index < -0.39 is 0 Å². The minimum atomic E-state index is -0.209. The van der Waals surface area contributed by atoms with E-state index in [1.165, 1.54) is 0 Å². The van der Waals surface area contributed by atoms with Gasteiger partial charge in [0.25, 0.3) is 5.91 Å². The van der Waals surface area contributed by atoms with Gasteiger partial charge in [-0.2, -0.15) is 0 Å². The Labute approximate surface area is 105 Å². The number of anilines is 1. The van der Waals surface area contributed by atoms with E-state index in [9.17, 15) is 4.79 Å². The zero-order valence-corrected chi connectivity index (χ0v) is 10.1. The molecule has 2 aliphatic heterocycles. The third-order valence-corrected chi connectivity index (χ3v) is 3.30. The molecule has 1 aromatic rings. The summed E-state index contributed by atoms with van der Waals surface area (Å²) < 4.78 is 5.39. The summed E-state index contributed by atoms with van der Waals surface area (Å²) in [5.41, 5.74) is 0. The summed E-state index contributed by atoms with van der Waals surface area (Å²) in [5.74, 6) is 0.742. The van der Waals surface area contributed by atoms with Crippen LogP contribution in [0.3, 0.4) is 0 Å². The predicted octanol–water partition coefficient (Wildman–Crippen LogP) is 0.278. The van der Waals surface area contributed by atoms with Gasteiger partial charge >= 0.3 is 0 Å². The van der Waals surface area contributed by atoms with Crippen molar-refractivity contribution in [3.8, 4) is 0 Å². The van der Waals surface area contributed by atoms with E-state index in [4.69, 9.17) is 4.74 Å². The van der Waals surface area contributed by atoms with Crippen LogP contribution in [0.2, 0.25) is 0 Å². The van der Waals surface area contributed by atoms with Crippen molar-refractivity contribution in [2.45, 2.75) is 25.0 Å². The van der Waals surface area contributed by atoms with Gasteiger partial charge in [-0.05, 0) is 18.9 Å². The third kappa shape index (κ3) is 2.28. The molecule has 0 bridgehead atoms. The van der Waals surface area contributed by atoms with E-state index in [0.29, 0.717) is 25.6 Å². The van der Waals surface area contributed by atoms with Crippen molar-refractivity contribution in [1.29, 1.82) is 0 Å². The van der Waals surface area contributed by atoms with E-state index >= 15 is 0 Å². The highest BCUT2D eigenvalue weighted by Gasteiger charge is 2.36. The Morgan fingerprint density at radius 2 is 2.17 bits per heavy atom. The monoisotopic (exact) mass is 248 g/mol. The standard InChI is InChI=1S/C12H16N4O2/c17-11(10-3-1-6-18-10)16-7-9(8-16)15-12-13-4-2-5-14-12/h2,4-5,9-10H,1,3,6-8H2,(H,13,14,15). The van der Waals surface area contributed by atoms with Crippen molar-refractivity contribution in [3.05, 3.63) is 18.5 Å². The van der Waals surface area contributed by atoms with E-state index in [-0.39, 0.29) is 18.1 Å². The fourth-order valence-corrected chi connectivity index (χ4v) is 2.28. The number of aromatic nitrogens is 2. The van der Waals surface area contributed by atoms with Gasteiger partial charge in [0.15, 0.2) is 0 Å². The van der Waals surface area contributed by atoms with E-state index in [1.54, 1.807) is 18.5 Å². The van der Waals surface area contributed by atoms with Gasteiger partial charge in [0.2, 0.25) is 5.95 Å². The molecule has 0 radical (unpaired) electrons. The lowest BCUT2D eigenvalue weighted by atomic mass is 10.1. The molecule has 2 saturated heterocycles. The molecule has 18 heavy (non-hydrogen) atoms. The van der Waals surface area contributed by atoms with Gasteiger partial charge in [-0.3, -0.25) is 4.79 Å². The van der Waals surface area contributed by atoms with Crippen molar-refractivity contribution in [1.82, 2.24) is 14.9 Å². The summed E-state index contributed by atoms with van der Waals surface area (Å²) in [4.78, 5) is 22.0. The van der Waals surface area contributed by atoms with E-state index in [1.807, 2.05) is 4.90 Å². The molecular weight excluding hydrogens is 232 g/mol. The second-order valence-electron chi connectivity index (χ2n) is 4.66. The fourth-order valence-electron chi connectivity index (χ4n) is 2.28. The summed E-state index contributed by atoms with van der Waals surface area (Å²) in [6.07, 6.45) is 5.03. The predicted molar refractivity (Wildman–Crippen MR) is 65.0 cm³/mol. The summed E-state index contributed by atoms with van der Waals surface area (Å²) in [6.45, 7) is 2.12. The largest absolute Gasteiger partial charge is 0.368 e. The first-order valence-corrected chi connectivity index (χ1v) is 6.27. The zero-order chi connectivity index (χ0) is 12.4. The number of likely N-dealkylation sites (tertiary alicyclic amines) is 1. The Kier molecular flexibility index (Phi) is 3.10. The van der Waals surface area contributed by atoms with E-state index in [0.717, 1.165) is 12.8 Å². The number of amides is 1. The molecule has 6 nitrogen and oxygen atoms in total. The Morgan fingerprint density at radius 3 is 2.83 bits per heavy atom. The quantitative estimate of drug-likeness (QED) is 0.832. The molecule has 0 saturated carbocycles. The van der Waals surface area contributed by atoms with Crippen LogP contribution in [0.4, 0.5) is 5.95 Å². The van der Waals surface area contributed by atoms with Crippen molar-refractivity contribution in [2.24, 2.45) is 0 Å². The van der Waals surface area contributed by atoms with Crippen LogP contribution >= 0.6 is 0 Å². The highest BCUT2D eigenvalue weighted by Crippen LogP contribution is 2.19. The van der Waals surface area contributed by atoms with Crippen LogP contribution in [0.15, 0.2) is 18.5 Å². The molecule has 2 aliphatic rings. The van der Waals surface area contributed by atoms with Gasteiger partial charge in [0.1, 0.15) is 6.10 Å². The number of hydrogen-bond donors (Lipinski definition) is 1. The third-order valence-electron chi connectivity index (χ3n) is 3.30. The molecule has 1 N–H and O–H groups in total. The molecule has 1 amide bonds. The minimum Gasteiger partial charge on any atom is -0.368 e. The van der Waals surface area contributed by atoms with Crippen LogP contribution in [-0.2, 0) is 9.53 Å². The molecule has 0 aliphatic carbocycles. The molecule has 6 heteroatoms. The Bertz CT molecular complexity index is 413. The van der Waals surface area contributed by atoms with E-state index in [2.05, 4.69) is 15.3 Å². The highest BCUT2D eigenvalue weighted by molar-refractivity contribution is 5.82. The van der Waals surface area contributed by atoms with Gasteiger partial charge in [0, 0.05) is 32.1 Å². The van der Waals surface area contributed by atoms with Crippen LogP contribution in [-0.4, -0.2) is 52.6 Å². The van der Waals surface area contributed by atoms with Crippen molar-refractivity contribution < 1.29 is 9.53 Å². The van der Waals surface area contributed by atoms with Crippen LogP contribution in [0.25, 0.3) is 0 Å². The highest BCUT2D eigenvalue weighted by atomic mass is 16.5. The van der Waals surface area contributed by atoms with Gasteiger partial charge in [-0.1, -0.05) is 0 Å². The maximum Gasteiger partial charge on any atom is 0.251 e. The molecule has 0 spiro atoms. The number of carbonyl (C=O) groups excluding carboxylic acids is 1. The molecule has 2 fully saturated rings. The number of rotatable bonds is 3. The first-order chi connectivity index (χ1) is 8.83. The molecule has 1 aromatic heterocycles. The lowest BCUT2D eigenvalue weighted by Gasteiger charge is -2.40. The van der Waals surface area contributed by atoms with Crippen molar-refractivity contribution in [2.75, 3.05) is 25.0 Å². The van der Waals surface area contributed by atoms with Crippen molar-refractivity contribution >= 4 is 11.9 Å². The maximum atomic E-state index is 12.0. The summed E-state index contributed by atoms with van der Waals surface area (Å²) in [7, 11) is 0. The number of carbonyl (C=O) groups is 1. The molecule has 3 heterocycles. The maximum absolute atomic E-state index is 12.0. The summed E-state index contributed by atoms with van der Waals surface area (Å²) in [5, 5.41) is 3.20. The van der Waals surface area contributed by atoms with Crippen LogP contribution in [0, 0.1) is 0 Å². The first kappa shape index (κ1) is 11.4. The number of nitrogens with one attached hydrogen (secondary N) is 1. The van der Waals surface area contributed by atoms with Gasteiger partial charge < -0.3 is 15.0 Å². The molecule has 3 rings (SSSR count). The van der Waals surface area contributed by atoms with Gasteiger partial charge in [0.05, 0.1) is 6.04 Å². The molecule has 1 unspecified atom stereocenters. The first-order valence-electron chi connectivity index (χ1n) is 6.27. The molecule has 0 aromatic carbocycles. The Balaban J connectivity index is 1.47. The Hall–Kier alpha value is -1.69. The zero-order valence-electron chi connectivity index (χ0n) is 10.1. The van der Waals surface area contributed by atoms with Crippen LogP contribution in [0.5, 0.6) is 0 Å². The van der Waals surface area contributed by atoms with Gasteiger partial charge in [-0.15, -0.1) is 0 Å². The number of nitrogens with zero attached hydrogens (tertiary/aromatic N) is 3. The Morgan fingerprint density at radius 1 is 1.39 bits per heavy atom. The SMILES string of the molecule is O=C(C1CCCO1)N1CC(Nc2ncccn2)C1. The summed E-state index contributed by atoms with van der Waals surface area (Å²) in [6, 6.07) is 2.02. The molecule has 1 atom stereocenters. The summed E-state index contributed by atoms with van der Waals surface area (Å²) >= 11 is 0. The average molecular weight is 248 g/mol. The smallest absolute Gasteiger partial charge is 0.251 e. The lowest BCUT2D eigenvalue weighted by Crippen LogP contribution is -2.59. The average Bonchev–Trinajstić information content (AvgIpc) is 2.87. The van der Waals surface area contributed by atoms with Crippen LogP contribution in [0.1, 0.15) is 12.8 Å². The lowest BCUT2D eigenvalue weighted by molar-refractivity contribution is -0.145. The van der Waals surface area contributed by atoms with Crippen molar-refractivity contribution in [3.63, 3.8) is 0 Å². The normalized spacial score (nSPS) is 23.8.